The molecule has 0 aliphatic heterocycles. The van der Waals surface area contributed by atoms with Crippen molar-refractivity contribution in [1.82, 2.24) is 15.8 Å². The molecule has 144 valence electrons. The fraction of sp³-hybridized carbons (Fsp3) is 0.778. The number of ether oxygens (including phenoxy) is 2. The molecule has 0 saturated carbocycles. The van der Waals surface area contributed by atoms with Gasteiger partial charge in [0, 0.05) is 38.8 Å². The van der Waals surface area contributed by atoms with Gasteiger partial charge in [-0.3, -0.25) is 0 Å². The normalized spacial score (nSPS) is 11.8. The highest BCUT2D eigenvalue weighted by Gasteiger charge is 2.12. The van der Waals surface area contributed by atoms with Gasteiger partial charge in [0.1, 0.15) is 5.76 Å². The molecule has 0 atom stereocenters. The van der Waals surface area contributed by atoms with Crippen LogP contribution in [0, 0.1) is 0 Å². The van der Waals surface area contributed by atoms with Crippen LogP contribution in [0.2, 0.25) is 0 Å². The molecule has 1 aromatic heterocycles. The van der Waals surface area contributed by atoms with Gasteiger partial charge in [-0.25, -0.2) is 4.99 Å². The van der Waals surface area contributed by atoms with Crippen molar-refractivity contribution in [1.29, 1.82) is 0 Å². The van der Waals surface area contributed by atoms with E-state index in [4.69, 9.17) is 14.0 Å². The Morgan fingerprint density at radius 3 is 2.60 bits per heavy atom. The summed E-state index contributed by atoms with van der Waals surface area (Å²) in [5.41, 5.74) is 2.12. The predicted molar refractivity (Wildman–Crippen MR) is 100 cm³/mol. The second-order valence-corrected chi connectivity index (χ2v) is 5.67. The summed E-state index contributed by atoms with van der Waals surface area (Å²) in [6, 6.07) is 0. The molecule has 0 saturated heterocycles. The third kappa shape index (κ3) is 8.36. The number of aliphatic imine (C=N–C) groups is 1. The largest absolute Gasteiger partial charge is 0.382 e. The van der Waals surface area contributed by atoms with Gasteiger partial charge in [-0.2, -0.15) is 0 Å². The molecule has 0 spiro atoms. The van der Waals surface area contributed by atoms with Gasteiger partial charge in [0.15, 0.2) is 5.96 Å². The molecule has 0 amide bonds. The lowest BCUT2D eigenvalue weighted by Crippen LogP contribution is -2.37. The first-order valence-corrected chi connectivity index (χ1v) is 9.31. The number of hydrogen-bond acceptors (Lipinski definition) is 5. The molecule has 2 N–H and O–H groups in total. The Hall–Kier alpha value is -1.60. The molecule has 0 radical (unpaired) electrons. The number of aromatic nitrogens is 1. The van der Waals surface area contributed by atoms with E-state index in [0.29, 0.717) is 19.8 Å². The molecule has 1 heterocycles. The monoisotopic (exact) mass is 354 g/mol. The Bertz CT molecular complexity index is 467. The summed E-state index contributed by atoms with van der Waals surface area (Å²) in [7, 11) is 1.68. The van der Waals surface area contributed by atoms with Crippen LogP contribution >= 0.6 is 0 Å². The third-order valence-corrected chi connectivity index (χ3v) is 3.79. The number of methoxy groups -OCH3 is 1. The highest BCUT2D eigenvalue weighted by Crippen LogP contribution is 2.16. The molecule has 25 heavy (non-hydrogen) atoms. The van der Waals surface area contributed by atoms with E-state index < -0.39 is 0 Å². The van der Waals surface area contributed by atoms with E-state index in [1.54, 1.807) is 7.11 Å². The van der Waals surface area contributed by atoms with Crippen LogP contribution in [0.1, 0.15) is 50.6 Å². The number of hydrogen-bond donors (Lipinski definition) is 2. The van der Waals surface area contributed by atoms with Gasteiger partial charge in [0.2, 0.25) is 0 Å². The lowest BCUT2D eigenvalue weighted by molar-refractivity contribution is 0.0689. The predicted octanol–water partition coefficient (Wildman–Crippen LogP) is 2.30. The van der Waals surface area contributed by atoms with E-state index in [2.05, 4.69) is 41.6 Å². The Balaban J connectivity index is 2.40. The number of guanidine groups is 1. The Kier molecular flexibility index (Phi) is 11.7. The SMILES string of the molecule is CCNC(=NCc1c(CC)noc1CC)NCCCCOCCOC. The zero-order valence-electron chi connectivity index (χ0n) is 16.2. The third-order valence-electron chi connectivity index (χ3n) is 3.79. The van der Waals surface area contributed by atoms with Gasteiger partial charge in [-0.15, -0.1) is 0 Å². The fourth-order valence-electron chi connectivity index (χ4n) is 2.40. The quantitative estimate of drug-likeness (QED) is 0.321. The van der Waals surface area contributed by atoms with Crippen molar-refractivity contribution in [3.63, 3.8) is 0 Å². The number of rotatable bonds is 13. The van der Waals surface area contributed by atoms with Crippen LogP contribution in [0.5, 0.6) is 0 Å². The maximum Gasteiger partial charge on any atom is 0.191 e. The van der Waals surface area contributed by atoms with E-state index in [0.717, 1.165) is 68.4 Å². The maximum atomic E-state index is 5.46. The van der Waals surface area contributed by atoms with E-state index in [-0.39, 0.29) is 0 Å². The first-order chi connectivity index (χ1) is 12.3. The number of aryl methyl sites for hydroxylation is 2. The first-order valence-electron chi connectivity index (χ1n) is 9.31. The molecular formula is C18H34N4O3. The zero-order chi connectivity index (χ0) is 18.3. The zero-order valence-corrected chi connectivity index (χ0v) is 16.2. The Morgan fingerprint density at radius 1 is 1.08 bits per heavy atom. The second kappa shape index (κ2) is 13.7. The average molecular weight is 354 g/mol. The number of nitrogens with one attached hydrogen (secondary N) is 2. The van der Waals surface area contributed by atoms with Gasteiger partial charge in [0.25, 0.3) is 0 Å². The van der Waals surface area contributed by atoms with Gasteiger partial charge in [-0.05, 0) is 26.2 Å². The smallest absolute Gasteiger partial charge is 0.191 e. The van der Waals surface area contributed by atoms with Gasteiger partial charge in [-0.1, -0.05) is 19.0 Å². The topological polar surface area (TPSA) is 80.9 Å². The molecule has 0 bridgehead atoms. The minimum atomic E-state index is 0.589. The van der Waals surface area contributed by atoms with Gasteiger partial charge >= 0.3 is 0 Å². The lowest BCUT2D eigenvalue weighted by atomic mass is 10.1. The van der Waals surface area contributed by atoms with Crippen molar-refractivity contribution < 1.29 is 14.0 Å². The summed E-state index contributed by atoms with van der Waals surface area (Å²) in [6.07, 6.45) is 3.75. The molecule has 1 rings (SSSR count). The van der Waals surface area contributed by atoms with Crippen LogP contribution in [-0.2, 0) is 28.9 Å². The summed E-state index contributed by atoms with van der Waals surface area (Å²) in [5.74, 6) is 1.76. The molecule has 0 aromatic carbocycles. The van der Waals surface area contributed by atoms with Gasteiger partial charge < -0.3 is 24.6 Å². The van der Waals surface area contributed by atoms with Crippen LogP contribution in [0.15, 0.2) is 9.52 Å². The summed E-state index contributed by atoms with van der Waals surface area (Å²) < 4.78 is 15.8. The van der Waals surface area contributed by atoms with Crippen LogP contribution < -0.4 is 10.6 Å². The van der Waals surface area contributed by atoms with Crippen molar-refractivity contribution in [2.45, 2.75) is 53.0 Å². The molecule has 0 aliphatic rings. The molecule has 0 unspecified atom stereocenters. The average Bonchev–Trinajstić information content (AvgIpc) is 3.03. The highest BCUT2D eigenvalue weighted by molar-refractivity contribution is 5.79. The number of unbranched alkanes of at least 4 members (excludes halogenated alkanes) is 1. The molecule has 7 heteroatoms. The van der Waals surface area contributed by atoms with Crippen LogP contribution in [0.3, 0.4) is 0 Å². The lowest BCUT2D eigenvalue weighted by Gasteiger charge is -2.11. The number of nitrogens with zero attached hydrogens (tertiary/aromatic N) is 2. The van der Waals surface area contributed by atoms with E-state index in [9.17, 15) is 0 Å². The van der Waals surface area contributed by atoms with E-state index >= 15 is 0 Å². The molecular weight excluding hydrogens is 320 g/mol. The summed E-state index contributed by atoms with van der Waals surface area (Å²) in [5, 5.41) is 10.8. The highest BCUT2D eigenvalue weighted by atomic mass is 16.5. The van der Waals surface area contributed by atoms with Gasteiger partial charge in [0.05, 0.1) is 25.5 Å². The van der Waals surface area contributed by atoms with Crippen LogP contribution in [0.4, 0.5) is 0 Å². The Labute approximate surface area is 151 Å². The minimum Gasteiger partial charge on any atom is -0.382 e. The Morgan fingerprint density at radius 2 is 1.92 bits per heavy atom. The van der Waals surface area contributed by atoms with E-state index in [1.807, 2.05) is 0 Å². The van der Waals surface area contributed by atoms with Crippen molar-refractivity contribution in [2.24, 2.45) is 4.99 Å². The first kappa shape index (κ1) is 21.4. The summed E-state index contributed by atoms with van der Waals surface area (Å²) >= 11 is 0. The molecule has 0 fully saturated rings. The minimum absolute atomic E-state index is 0.589. The van der Waals surface area contributed by atoms with Crippen molar-refractivity contribution in [3.05, 3.63) is 17.0 Å². The van der Waals surface area contributed by atoms with E-state index in [1.165, 1.54) is 0 Å². The summed E-state index contributed by atoms with van der Waals surface area (Å²) in [4.78, 5) is 4.68. The standard InChI is InChI=1S/C18H34N4O3/c1-5-16-15(17(6-2)25-22-16)14-21-18(19-7-3)20-10-8-9-11-24-13-12-23-4/h5-14H2,1-4H3,(H2,19,20,21). The second-order valence-electron chi connectivity index (χ2n) is 5.67. The van der Waals surface area contributed by atoms with Crippen molar-refractivity contribution in [2.75, 3.05) is 40.0 Å². The molecule has 7 nitrogen and oxygen atoms in total. The maximum absolute atomic E-state index is 5.46. The van der Waals surface area contributed by atoms with Crippen molar-refractivity contribution in [3.8, 4) is 0 Å². The molecule has 1 aromatic rings. The molecule has 0 aliphatic carbocycles. The van der Waals surface area contributed by atoms with Crippen molar-refractivity contribution >= 4 is 5.96 Å². The summed E-state index contributed by atoms with van der Waals surface area (Å²) in [6.45, 7) is 10.6. The fourth-order valence-corrected chi connectivity index (χ4v) is 2.40. The van der Waals surface area contributed by atoms with Crippen LogP contribution in [0.25, 0.3) is 0 Å². The van der Waals surface area contributed by atoms with Crippen LogP contribution in [-0.4, -0.2) is 51.1 Å².